The maximum Gasteiger partial charge on any atom is 0.320 e. The van der Waals surface area contributed by atoms with E-state index in [1.807, 2.05) is 30.3 Å². The van der Waals surface area contributed by atoms with E-state index in [2.05, 4.69) is 0 Å². The lowest BCUT2D eigenvalue weighted by atomic mass is 9.93. The van der Waals surface area contributed by atoms with Crippen LogP contribution < -0.4 is 0 Å². The molecule has 0 N–H and O–H groups in total. The number of carbonyl (C=O) groups is 3. The van der Waals surface area contributed by atoms with Gasteiger partial charge in [-0.3, -0.25) is 19.2 Å². The van der Waals surface area contributed by atoms with Gasteiger partial charge in [0.1, 0.15) is 12.5 Å². The number of ether oxygens (including phenoxy) is 1. The normalized spacial score (nSPS) is 11.4. The van der Waals surface area contributed by atoms with E-state index in [0.29, 0.717) is 12.0 Å². The lowest BCUT2D eigenvalue weighted by molar-refractivity contribution is -0.178. The number of hydrogen-bond donors (Lipinski definition) is 0. The summed E-state index contributed by atoms with van der Waals surface area (Å²) in [5, 5.41) is 1.06. The van der Waals surface area contributed by atoms with Crippen molar-refractivity contribution in [2.45, 2.75) is 18.9 Å². The van der Waals surface area contributed by atoms with Crippen molar-refractivity contribution in [2.75, 3.05) is 13.7 Å². The molecular weight excluding hydrogens is 334 g/mol. The van der Waals surface area contributed by atoms with Crippen LogP contribution in [0.15, 0.2) is 60.7 Å². The molecule has 0 saturated heterocycles. The quantitative estimate of drug-likeness (QED) is 0.283. The molecule has 2 aromatic rings. The Morgan fingerprint density at radius 3 is 2.23 bits per heavy atom. The summed E-state index contributed by atoms with van der Waals surface area (Å²) in [6.45, 7) is 0.266. The van der Waals surface area contributed by atoms with Gasteiger partial charge in [-0.05, 0) is 11.1 Å². The van der Waals surface area contributed by atoms with E-state index in [-0.39, 0.29) is 25.4 Å². The summed E-state index contributed by atoms with van der Waals surface area (Å²) >= 11 is 0. The average Bonchev–Trinajstić information content (AvgIpc) is 2.69. The molecule has 0 heterocycles. The summed E-state index contributed by atoms with van der Waals surface area (Å²) in [5.41, 5.74) is 1.47. The highest BCUT2D eigenvalue weighted by Gasteiger charge is 2.29. The van der Waals surface area contributed by atoms with E-state index >= 15 is 0 Å². The van der Waals surface area contributed by atoms with E-state index in [1.54, 1.807) is 30.3 Å². The number of amides is 1. The van der Waals surface area contributed by atoms with Crippen LogP contribution in [0.3, 0.4) is 0 Å². The van der Waals surface area contributed by atoms with Crippen LogP contribution >= 0.6 is 0 Å². The van der Waals surface area contributed by atoms with Crippen molar-refractivity contribution >= 4 is 18.2 Å². The van der Waals surface area contributed by atoms with Gasteiger partial charge in [-0.1, -0.05) is 60.7 Å². The Kier molecular flexibility index (Phi) is 7.51. The number of ketones is 1. The zero-order valence-electron chi connectivity index (χ0n) is 14.5. The van der Waals surface area contributed by atoms with Gasteiger partial charge in [0.15, 0.2) is 5.78 Å². The molecule has 0 aliphatic carbocycles. The number of esters is 1. The molecule has 0 aliphatic heterocycles. The predicted octanol–water partition coefficient (Wildman–Crippen LogP) is 2.49. The van der Waals surface area contributed by atoms with Crippen molar-refractivity contribution in [3.63, 3.8) is 0 Å². The number of benzene rings is 2. The van der Waals surface area contributed by atoms with Crippen molar-refractivity contribution in [2.24, 2.45) is 0 Å². The Hall–Kier alpha value is -2.99. The van der Waals surface area contributed by atoms with Crippen molar-refractivity contribution in [3.8, 4) is 0 Å². The van der Waals surface area contributed by atoms with Crippen LogP contribution in [0.25, 0.3) is 0 Å². The van der Waals surface area contributed by atoms with Crippen molar-refractivity contribution in [1.29, 1.82) is 0 Å². The standard InChI is InChI=1S/C20H21NO5/c1-25-20(24)19(17-10-6-3-7-11-17)18(23)12-13-21(15-22)26-14-16-8-4-2-5-9-16/h2-11,15,19H,12-14H2,1H3. The van der Waals surface area contributed by atoms with Crippen LogP contribution in [-0.4, -0.2) is 36.9 Å². The summed E-state index contributed by atoms with van der Waals surface area (Å²) in [7, 11) is 1.24. The van der Waals surface area contributed by atoms with Crippen molar-refractivity contribution in [3.05, 3.63) is 71.8 Å². The molecule has 0 spiro atoms. The fourth-order valence-corrected chi connectivity index (χ4v) is 2.46. The second-order valence-electron chi connectivity index (χ2n) is 5.59. The maximum atomic E-state index is 12.5. The second kappa shape index (κ2) is 10.1. The highest BCUT2D eigenvalue weighted by atomic mass is 16.7. The Morgan fingerprint density at radius 2 is 1.65 bits per heavy atom. The zero-order chi connectivity index (χ0) is 18.8. The molecule has 2 rings (SSSR count). The van der Waals surface area contributed by atoms with E-state index in [4.69, 9.17) is 9.57 Å². The molecular formula is C20H21NO5. The van der Waals surface area contributed by atoms with Gasteiger partial charge in [0.25, 0.3) is 0 Å². The van der Waals surface area contributed by atoms with Crippen LogP contribution in [0.2, 0.25) is 0 Å². The topological polar surface area (TPSA) is 72.9 Å². The number of hydroxylamine groups is 2. The van der Waals surface area contributed by atoms with Crippen LogP contribution in [0.5, 0.6) is 0 Å². The predicted molar refractivity (Wildman–Crippen MR) is 94.8 cm³/mol. The lowest BCUT2D eigenvalue weighted by Crippen LogP contribution is -2.29. The molecule has 6 nitrogen and oxygen atoms in total. The molecule has 136 valence electrons. The van der Waals surface area contributed by atoms with Gasteiger partial charge in [-0.2, -0.15) is 0 Å². The number of hydrogen-bond acceptors (Lipinski definition) is 5. The van der Waals surface area contributed by atoms with Gasteiger partial charge < -0.3 is 4.74 Å². The first-order valence-corrected chi connectivity index (χ1v) is 8.20. The van der Waals surface area contributed by atoms with Crippen molar-refractivity contribution < 1.29 is 24.0 Å². The van der Waals surface area contributed by atoms with E-state index in [1.165, 1.54) is 7.11 Å². The minimum Gasteiger partial charge on any atom is -0.468 e. The Balaban J connectivity index is 1.95. The summed E-state index contributed by atoms with van der Waals surface area (Å²) in [6, 6.07) is 18.1. The Labute approximate surface area is 152 Å². The van der Waals surface area contributed by atoms with E-state index in [9.17, 15) is 14.4 Å². The van der Waals surface area contributed by atoms with Crippen LogP contribution in [0.4, 0.5) is 0 Å². The first kappa shape index (κ1) is 19.3. The van der Waals surface area contributed by atoms with Crippen LogP contribution in [0, 0.1) is 0 Å². The number of methoxy groups -OCH3 is 1. The fourth-order valence-electron chi connectivity index (χ4n) is 2.46. The maximum absolute atomic E-state index is 12.5. The summed E-state index contributed by atoms with van der Waals surface area (Å²) < 4.78 is 4.75. The molecule has 0 saturated carbocycles. The van der Waals surface area contributed by atoms with Gasteiger partial charge in [0.05, 0.1) is 13.7 Å². The molecule has 0 bridgehead atoms. The molecule has 1 amide bonds. The van der Waals surface area contributed by atoms with E-state index in [0.717, 1.165) is 10.6 Å². The Bertz CT molecular complexity index is 717. The first-order valence-electron chi connectivity index (χ1n) is 8.20. The first-order chi connectivity index (χ1) is 12.7. The third kappa shape index (κ3) is 5.53. The molecule has 6 heteroatoms. The highest BCUT2D eigenvalue weighted by molar-refractivity contribution is 6.04. The van der Waals surface area contributed by atoms with Gasteiger partial charge in [0, 0.05) is 6.42 Å². The monoisotopic (exact) mass is 355 g/mol. The summed E-state index contributed by atoms with van der Waals surface area (Å²) in [6.07, 6.45) is 0.494. The van der Waals surface area contributed by atoms with Gasteiger partial charge >= 0.3 is 5.97 Å². The molecule has 2 aromatic carbocycles. The zero-order valence-corrected chi connectivity index (χ0v) is 14.5. The molecule has 1 atom stereocenters. The largest absolute Gasteiger partial charge is 0.468 e. The third-order valence-corrected chi connectivity index (χ3v) is 3.83. The number of nitrogens with zero attached hydrogens (tertiary/aromatic N) is 1. The number of rotatable bonds is 10. The van der Waals surface area contributed by atoms with Gasteiger partial charge in [-0.15, -0.1) is 0 Å². The fraction of sp³-hybridized carbons (Fsp3) is 0.250. The molecule has 0 aromatic heterocycles. The highest BCUT2D eigenvalue weighted by Crippen LogP contribution is 2.20. The molecule has 1 unspecified atom stereocenters. The second-order valence-corrected chi connectivity index (χ2v) is 5.59. The minimum atomic E-state index is -1.01. The third-order valence-electron chi connectivity index (χ3n) is 3.83. The molecule has 0 aliphatic rings. The summed E-state index contributed by atoms with van der Waals surface area (Å²) in [5.74, 6) is -1.97. The SMILES string of the molecule is COC(=O)C(C(=O)CCN(C=O)OCc1ccccc1)c1ccccc1. The average molecular weight is 355 g/mol. The molecule has 0 fully saturated rings. The number of carbonyl (C=O) groups excluding carboxylic acids is 3. The summed E-state index contributed by atoms with van der Waals surface area (Å²) in [4.78, 5) is 41.1. The van der Waals surface area contributed by atoms with Crippen LogP contribution in [-0.2, 0) is 30.6 Å². The number of Topliss-reactive ketones (excluding diaryl/α,β-unsaturated/α-hetero) is 1. The van der Waals surface area contributed by atoms with Gasteiger partial charge in [-0.25, -0.2) is 5.06 Å². The van der Waals surface area contributed by atoms with Gasteiger partial charge in [0.2, 0.25) is 6.41 Å². The van der Waals surface area contributed by atoms with Crippen LogP contribution in [0.1, 0.15) is 23.5 Å². The Morgan fingerprint density at radius 1 is 1.04 bits per heavy atom. The van der Waals surface area contributed by atoms with E-state index < -0.39 is 11.9 Å². The lowest BCUT2D eigenvalue weighted by Gasteiger charge is -2.18. The minimum absolute atomic E-state index is 0.0256. The van der Waals surface area contributed by atoms with Crippen molar-refractivity contribution in [1.82, 2.24) is 5.06 Å². The smallest absolute Gasteiger partial charge is 0.320 e. The molecule has 26 heavy (non-hydrogen) atoms. The molecule has 0 radical (unpaired) electrons.